The van der Waals surface area contributed by atoms with Crippen molar-refractivity contribution in [1.29, 1.82) is 0 Å². The van der Waals surface area contributed by atoms with E-state index < -0.39 is 18.5 Å². The highest BCUT2D eigenvalue weighted by atomic mass is 16.6. The number of benzene rings is 2. The summed E-state index contributed by atoms with van der Waals surface area (Å²) in [6, 6.07) is 17.3. The van der Waals surface area contributed by atoms with Crippen molar-refractivity contribution in [2.45, 2.75) is 45.4 Å². The molecule has 0 atom stereocenters. The summed E-state index contributed by atoms with van der Waals surface area (Å²) in [5.74, 6) is 0.108. The van der Waals surface area contributed by atoms with E-state index in [0.717, 1.165) is 30.6 Å². The van der Waals surface area contributed by atoms with E-state index in [9.17, 15) is 9.59 Å². The Kier molecular flexibility index (Phi) is 6.49. The second kappa shape index (κ2) is 9.48. The van der Waals surface area contributed by atoms with Gasteiger partial charge in [0.2, 0.25) is 0 Å². The molecule has 0 spiro atoms. The monoisotopic (exact) mass is 447 g/mol. The third-order valence-electron chi connectivity index (χ3n) is 5.54. The van der Waals surface area contributed by atoms with Crippen LogP contribution >= 0.6 is 0 Å². The highest BCUT2D eigenvalue weighted by Gasteiger charge is 2.22. The van der Waals surface area contributed by atoms with E-state index in [1.165, 1.54) is 11.1 Å². The largest absolute Gasteiger partial charge is 0.482 e. The van der Waals surface area contributed by atoms with Crippen LogP contribution in [-0.4, -0.2) is 34.9 Å². The maximum Gasteiger partial charge on any atom is 0.344 e. The van der Waals surface area contributed by atoms with Crippen LogP contribution in [0.25, 0.3) is 5.69 Å². The Morgan fingerprint density at radius 3 is 2.52 bits per heavy atom. The summed E-state index contributed by atoms with van der Waals surface area (Å²) in [6.07, 6.45) is 3.27. The normalized spacial score (nSPS) is 12.8. The van der Waals surface area contributed by atoms with Crippen molar-refractivity contribution in [1.82, 2.24) is 9.78 Å². The zero-order chi connectivity index (χ0) is 23.4. The molecule has 0 aliphatic heterocycles. The maximum absolute atomic E-state index is 12.5. The van der Waals surface area contributed by atoms with Crippen molar-refractivity contribution >= 4 is 17.7 Å². The summed E-state index contributed by atoms with van der Waals surface area (Å²) >= 11 is 0. The second-order valence-electron chi connectivity index (χ2n) is 9.19. The van der Waals surface area contributed by atoms with E-state index in [1.807, 2.05) is 54.6 Å². The molecule has 0 bridgehead atoms. The molecule has 1 N–H and O–H groups in total. The van der Waals surface area contributed by atoms with E-state index in [0.29, 0.717) is 11.6 Å². The van der Waals surface area contributed by atoms with Gasteiger partial charge in [0.25, 0.3) is 5.91 Å². The van der Waals surface area contributed by atoms with E-state index in [4.69, 9.17) is 9.47 Å². The topological polar surface area (TPSA) is 82.5 Å². The van der Waals surface area contributed by atoms with Crippen LogP contribution in [0.1, 0.15) is 44.0 Å². The number of rotatable bonds is 7. The first-order chi connectivity index (χ1) is 15.8. The lowest BCUT2D eigenvalue weighted by Crippen LogP contribution is -2.24. The molecule has 7 nitrogen and oxygen atoms in total. The first-order valence-electron chi connectivity index (χ1n) is 11.2. The van der Waals surface area contributed by atoms with Gasteiger partial charge in [-0.25, -0.2) is 9.48 Å². The number of fused-ring (bicyclic) bond motifs is 1. The number of esters is 1. The summed E-state index contributed by atoms with van der Waals surface area (Å²) in [6.45, 7) is 5.51. The van der Waals surface area contributed by atoms with Gasteiger partial charge < -0.3 is 14.8 Å². The number of ether oxygens (including phenoxy) is 2. The Morgan fingerprint density at radius 1 is 1.00 bits per heavy atom. The van der Waals surface area contributed by atoms with E-state index in [2.05, 4.69) is 31.2 Å². The zero-order valence-electron chi connectivity index (χ0n) is 19.3. The Hall–Kier alpha value is -3.61. The molecule has 1 amide bonds. The minimum Gasteiger partial charge on any atom is -0.482 e. The van der Waals surface area contributed by atoms with Crippen LogP contribution in [0.2, 0.25) is 0 Å². The fourth-order valence-electron chi connectivity index (χ4n) is 3.75. The molecule has 0 fully saturated rings. The van der Waals surface area contributed by atoms with Crippen LogP contribution in [0.3, 0.4) is 0 Å². The molecule has 0 saturated carbocycles. The highest BCUT2D eigenvalue weighted by molar-refractivity contribution is 5.92. The van der Waals surface area contributed by atoms with Crippen LogP contribution in [0, 0.1) is 0 Å². The van der Waals surface area contributed by atoms with Crippen molar-refractivity contribution in [3.8, 4) is 11.4 Å². The van der Waals surface area contributed by atoms with Crippen molar-refractivity contribution in [3.05, 3.63) is 71.4 Å². The molecule has 0 unspecified atom stereocenters. The number of hydrogen-bond acceptors (Lipinski definition) is 5. The van der Waals surface area contributed by atoms with Gasteiger partial charge in [-0.15, -0.1) is 0 Å². The molecule has 172 valence electrons. The quantitative estimate of drug-likeness (QED) is 0.549. The smallest absolute Gasteiger partial charge is 0.344 e. The van der Waals surface area contributed by atoms with E-state index in [1.54, 1.807) is 4.68 Å². The van der Waals surface area contributed by atoms with Crippen molar-refractivity contribution < 1.29 is 19.1 Å². The van der Waals surface area contributed by atoms with E-state index >= 15 is 0 Å². The third-order valence-corrected chi connectivity index (χ3v) is 5.54. The van der Waals surface area contributed by atoms with Gasteiger partial charge in [0, 0.05) is 11.5 Å². The Bertz CT molecular complexity index is 1150. The van der Waals surface area contributed by atoms with Crippen LogP contribution in [0.15, 0.2) is 54.6 Å². The summed E-state index contributed by atoms with van der Waals surface area (Å²) in [5, 5.41) is 7.46. The standard InChI is InChI=1S/C26H29N3O4/c1-26(2,3)22-15-23(29(28-22)20-10-5-4-6-11-20)27-24(30)16-33-25(31)17-32-21-13-12-18-8-7-9-19(18)14-21/h4-6,10-15H,7-9,16-17H2,1-3H3,(H,27,30). The number of para-hydroxylation sites is 1. The highest BCUT2D eigenvalue weighted by Crippen LogP contribution is 2.27. The molecule has 4 rings (SSSR count). The van der Waals surface area contributed by atoms with E-state index in [-0.39, 0.29) is 12.0 Å². The first-order valence-corrected chi connectivity index (χ1v) is 11.2. The predicted octanol–water partition coefficient (Wildman–Crippen LogP) is 4.22. The number of hydrogen-bond donors (Lipinski definition) is 1. The van der Waals surface area contributed by atoms with Gasteiger partial charge in [-0.1, -0.05) is 45.0 Å². The lowest BCUT2D eigenvalue weighted by Gasteiger charge is -2.14. The van der Waals surface area contributed by atoms with Crippen molar-refractivity contribution in [3.63, 3.8) is 0 Å². The maximum atomic E-state index is 12.5. The molecule has 1 aliphatic rings. The van der Waals surface area contributed by atoms with Crippen molar-refractivity contribution in [2.75, 3.05) is 18.5 Å². The fourth-order valence-corrected chi connectivity index (χ4v) is 3.75. The number of aromatic nitrogens is 2. The molecular formula is C26H29N3O4. The molecule has 0 saturated heterocycles. The Balaban J connectivity index is 1.34. The number of carbonyl (C=O) groups excluding carboxylic acids is 2. The van der Waals surface area contributed by atoms with Crippen LogP contribution < -0.4 is 10.1 Å². The molecule has 2 aromatic carbocycles. The molecule has 3 aromatic rings. The lowest BCUT2D eigenvalue weighted by molar-refractivity contribution is -0.149. The van der Waals surface area contributed by atoms with Gasteiger partial charge in [-0.3, -0.25) is 4.79 Å². The van der Waals surface area contributed by atoms with Gasteiger partial charge in [-0.2, -0.15) is 5.10 Å². The summed E-state index contributed by atoms with van der Waals surface area (Å²) in [4.78, 5) is 24.6. The van der Waals surface area contributed by atoms with Gasteiger partial charge in [-0.05, 0) is 54.7 Å². The average molecular weight is 448 g/mol. The number of aryl methyl sites for hydroxylation is 2. The average Bonchev–Trinajstić information content (AvgIpc) is 3.43. The zero-order valence-corrected chi connectivity index (χ0v) is 19.3. The SMILES string of the molecule is CC(C)(C)c1cc(NC(=O)COC(=O)COc2ccc3c(c2)CCC3)n(-c2ccccc2)n1. The Morgan fingerprint density at radius 2 is 1.76 bits per heavy atom. The molecule has 1 aromatic heterocycles. The summed E-state index contributed by atoms with van der Waals surface area (Å²) < 4.78 is 12.3. The molecule has 0 radical (unpaired) electrons. The van der Waals surface area contributed by atoms with Crippen molar-refractivity contribution in [2.24, 2.45) is 0 Å². The summed E-state index contributed by atoms with van der Waals surface area (Å²) in [7, 11) is 0. The first kappa shape index (κ1) is 22.6. The fraction of sp³-hybridized carbons (Fsp3) is 0.346. The second-order valence-corrected chi connectivity index (χ2v) is 9.19. The molecule has 33 heavy (non-hydrogen) atoms. The minimum atomic E-state index is -0.599. The van der Waals surface area contributed by atoms with Crippen LogP contribution in [0.5, 0.6) is 5.75 Å². The molecule has 1 aliphatic carbocycles. The number of anilines is 1. The third kappa shape index (κ3) is 5.61. The number of amides is 1. The summed E-state index contributed by atoms with van der Waals surface area (Å²) in [5.41, 5.74) is 4.07. The van der Waals surface area contributed by atoms with Gasteiger partial charge in [0.05, 0.1) is 11.4 Å². The molecular weight excluding hydrogens is 418 g/mol. The van der Waals surface area contributed by atoms with Gasteiger partial charge in [0.15, 0.2) is 13.2 Å². The van der Waals surface area contributed by atoms with Crippen LogP contribution in [0.4, 0.5) is 5.82 Å². The lowest BCUT2D eigenvalue weighted by atomic mass is 9.92. The number of nitrogens with one attached hydrogen (secondary N) is 1. The van der Waals surface area contributed by atoms with Gasteiger partial charge in [0.1, 0.15) is 11.6 Å². The van der Waals surface area contributed by atoms with Gasteiger partial charge >= 0.3 is 5.97 Å². The number of nitrogens with zero attached hydrogens (tertiary/aromatic N) is 2. The molecule has 1 heterocycles. The predicted molar refractivity (Wildman–Crippen MR) is 126 cm³/mol. The minimum absolute atomic E-state index is 0.194. The van der Waals surface area contributed by atoms with Crippen LogP contribution in [-0.2, 0) is 32.6 Å². The molecule has 7 heteroatoms. The Labute approximate surface area is 193 Å². The number of carbonyl (C=O) groups is 2.